The number of ether oxygens (including phenoxy) is 1. The summed E-state index contributed by atoms with van der Waals surface area (Å²) in [6.45, 7) is 7.07. The van der Waals surface area contributed by atoms with Crippen molar-refractivity contribution in [3.8, 4) is 5.75 Å². The molecule has 1 aliphatic rings. The van der Waals surface area contributed by atoms with Gasteiger partial charge in [-0.25, -0.2) is 0 Å². The first kappa shape index (κ1) is 15.1. The molecule has 1 saturated heterocycles. The van der Waals surface area contributed by atoms with Gasteiger partial charge >= 0.3 is 0 Å². The van der Waals surface area contributed by atoms with Gasteiger partial charge in [0.1, 0.15) is 5.75 Å². The largest absolute Gasteiger partial charge is 0.497 e. The van der Waals surface area contributed by atoms with E-state index in [1.54, 1.807) is 7.11 Å². The predicted octanol–water partition coefficient (Wildman–Crippen LogP) is 3.34. The Morgan fingerprint density at radius 1 is 1.32 bits per heavy atom. The van der Waals surface area contributed by atoms with E-state index in [0.29, 0.717) is 18.4 Å². The summed E-state index contributed by atoms with van der Waals surface area (Å²) in [4.78, 5) is 18.2. The number of nitrogens with zero attached hydrogens (tertiary/aromatic N) is 1. The van der Waals surface area contributed by atoms with E-state index in [1.807, 2.05) is 24.4 Å². The fraction of sp³-hybridized carbons (Fsp3) is 0.500. The third-order valence-corrected chi connectivity index (χ3v) is 4.50. The molecule has 1 aliphatic heterocycles. The van der Waals surface area contributed by atoms with E-state index >= 15 is 0 Å². The van der Waals surface area contributed by atoms with Crippen molar-refractivity contribution in [1.29, 1.82) is 0 Å². The van der Waals surface area contributed by atoms with Crippen molar-refractivity contribution in [3.05, 3.63) is 30.0 Å². The fourth-order valence-corrected chi connectivity index (χ4v) is 3.67. The number of methoxy groups -OCH3 is 1. The Hall–Kier alpha value is -1.81. The standard InChI is InChI=1S/C18H24N2O2/c1-12-6-13(2)10-20(9-12)11-18(21)16-8-19-17-5-4-14(22-3)7-15(16)17/h4-5,7-8,12-13,19H,6,9-11H2,1-3H3/t12-,13+. The Morgan fingerprint density at radius 2 is 2.05 bits per heavy atom. The highest BCUT2D eigenvalue weighted by Gasteiger charge is 2.24. The number of carbonyl (C=O) groups excluding carboxylic acids is 1. The molecule has 1 N–H and O–H groups in total. The Balaban J connectivity index is 1.80. The van der Waals surface area contributed by atoms with Gasteiger partial charge in [0.2, 0.25) is 0 Å². The first-order valence-electron chi connectivity index (χ1n) is 7.97. The number of likely N-dealkylation sites (tertiary alicyclic amines) is 1. The normalized spacial score (nSPS) is 22.9. The number of ketones is 1. The van der Waals surface area contributed by atoms with Crippen LogP contribution in [0.2, 0.25) is 0 Å². The summed E-state index contributed by atoms with van der Waals surface area (Å²) in [5, 5.41) is 0.947. The third kappa shape index (κ3) is 3.02. The number of Topliss-reactive ketones (excluding diaryl/α,β-unsaturated/α-hetero) is 1. The number of benzene rings is 1. The molecule has 2 heterocycles. The molecule has 0 unspecified atom stereocenters. The number of piperidine rings is 1. The van der Waals surface area contributed by atoms with Gasteiger partial charge in [0.15, 0.2) is 5.78 Å². The third-order valence-electron chi connectivity index (χ3n) is 4.50. The van der Waals surface area contributed by atoms with Crippen molar-refractivity contribution < 1.29 is 9.53 Å². The number of fused-ring (bicyclic) bond motifs is 1. The molecule has 1 fully saturated rings. The van der Waals surface area contributed by atoms with Gasteiger partial charge in [-0.1, -0.05) is 13.8 Å². The van der Waals surface area contributed by atoms with Gasteiger partial charge < -0.3 is 9.72 Å². The smallest absolute Gasteiger partial charge is 0.178 e. The van der Waals surface area contributed by atoms with Crippen LogP contribution in [0.3, 0.4) is 0 Å². The Labute approximate surface area is 131 Å². The molecule has 0 bridgehead atoms. The molecule has 3 rings (SSSR count). The number of aromatic amines is 1. The topological polar surface area (TPSA) is 45.3 Å². The van der Waals surface area contributed by atoms with Gasteiger partial charge in [0, 0.05) is 35.8 Å². The quantitative estimate of drug-likeness (QED) is 0.881. The molecule has 2 atom stereocenters. The van der Waals surface area contributed by atoms with Crippen LogP contribution in [0.5, 0.6) is 5.75 Å². The van der Waals surface area contributed by atoms with Crippen LogP contribution in [0, 0.1) is 11.8 Å². The zero-order valence-electron chi connectivity index (χ0n) is 13.6. The summed E-state index contributed by atoms with van der Waals surface area (Å²) in [7, 11) is 1.64. The van der Waals surface area contributed by atoms with E-state index in [9.17, 15) is 4.79 Å². The maximum absolute atomic E-state index is 12.7. The van der Waals surface area contributed by atoms with E-state index in [1.165, 1.54) is 6.42 Å². The lowest BCUT2D eigenvalue weighted by Crippen LogP contribution is -2.41. The minimum absolute atomic E-state index is 0.181. The van der Waals surface area contributed by atoms with Crippen LogP contribution in [0.4, 0.5) is 0 Å². The summed E-state index contributed by atoms with van der Waals surface area (Å²) >= 11 is 0. The Bertz CT molecular complexity index is 667. The van der Waals surface area contributed by atoms with Crippen molar-refractivity contribution >= 4 is 16.7 Å². The maximum atomic E-state index is 12.7. The molecular weight excluding hydrogens is 276 g/mol. The molecule has 118 valence electrons. The maximum Gasteiger partial charge on any atom is 0.178 e. The van der Waals surface area contributed by atoms with Crippen LogP contribution in [-0.2, 0) is 0 Å². The van der Waals surface area contributed by atoms with E-state index < -0.39 is 0 Å². The van der Waals surface area contributed by atoms with Crippen LogP contribution < -0.4 is 4.74 Å². The Kier molecular flexibility index (Phi) is 4.21. The molecule has 0 amide bonds. The highest BCUT2D eigenvalue weighted by molar-refractivity contribution is 6.09. The average molecular weight is 300 g/mol. The zero-order chi connectivity index (χ0) is 15.7. The van der Waals surface area contributed by atoms with E-state index in [4.69, 9.17) is 4.74 Å². The van der Waals surface area contributed by atoms with Crippen molar-refractivity contribution in [2.45, 2.75) is 20.3 Å². The first-order valence-corrected chi connectivity index (χ1v) is 7.97. The van der Waals surface area contributed by atoms with Gasteiger partial charge in [-0.3, -0.25) is 9.69 Å². The predicted molar refractivity (Wildman–Crippen MR) is 88.6 cm³/mol. The molecular formula is C18H24N2O2. The van der Waals surface area contributed by atoms with Gasteiger partial charge in [-0.05, 0) is 36.5 Å². The van der Waals surface area contributed by atoms with Crippen molar-refractivity contribution in [1.82, 2.24) is 9.88 Å². The van der Waals surface area contributed by atoms with Crippen molar-refractivity contribution in [3.63, 3.8) is 0 Å². The monoisotopic (exact) mass is 300 g/mol. The number of hydrogen-bond donors (Lipinski definition) is 1. The van der Waals surface area contributed by atoms with Crippen LogP contribution in [0.15, 0.2) is 24.4 Å². The molecule has 22 heavy (non-hydrogen) atoms. The first-order chi connectivity index (χ1) is 10.6. The lowest BCUT2D eigenvalue weighted by Gasteiger charge is -2.34. The van der Waals surface area contributed by atoms with Crippen LogP contribution in [-0.4, -0.2) is 42.4 Å². The van der Waals surface area contributed by atoms with Gasteiger partial charge in [0.05, 0.1) is 13.7 Å². The number of rotatable bonds is 4. The van der Waals surface area contributed by atoms with Crippen LogP contribution in [0.25, 0.3) is 10.9 Å². The summed E-state index contributed by atoms with van der Waals surface area (Å²) in [5.41, 5.74) is 1.74. The summed E-state index contributed by atoms with van der Waals surface area (Å²) in [6.07, 6.45) is 3.08. The zero-order valence-corrected chi connectivity index (χ0v) is 13.6. The second kappa shape index (κ2) is 6.13. The van der Waals surface area contributed by atoms with Crippen molar-refractivity contribution in [2.24, 2.45) is 11.8 Å². The van der Waals surface area contributed by atoms with Gasteiger partial charge in [-0.2, -0.15) is 0 Å². The minimum atomic E-state index is 0.181. The van der Waals surface area contributed by atoms with Crippen molar-refractivity contribution in [2.75, 3.05) is 26.7 Å². The average Bonchev–Trinajstić information content (AvgIpc) is 2.88. The number of nitrogens with one attached hydrogen (secondary N) is 1. The SMILES string of the molecule is COc1ccc2[nH]cc(C(=O)CN3C[C@H](C)C[C@H](C)C3)c2c1. The molecule has 4 heteroatoms. The summed E-state index contributed by atoms with van der Waals surface area (Å²) < 4.78 is 5.27. The number of aromatic nitrogens is 1. The molecule has 0 saturated carbocycles. The van der Waals surface area contributed by atoms with Gasteiger partial charge in [0.25, 0.3) is 0 Å². The van der Waals surface area contributed by atoms with Gasteiger partial charge in [-0.15, -0.1) is 0 Å². The highest BCUT2D eigenvalue weighted by Crippen LogP contribution is 2.25. The number of hydrogen-bond acceptors (Lipinski definition) is 3. The second-order valence-electron chi connectivity index (χ2n) is 6.68. The second-order valence-corrected chi connectivity index (χ2v) is 6.68. The van der Waals surface area contributed by atoms with E-state index in [0.717, 1.165) is 35.3 Å². The van der Waals surface area contributed by atoms with E-state index in [2.05, 4.69) is 23.7 Å². The highest BCUT2D eigenvalue weighted by atomic mass is 16.5. The van der Waals surface area contributed by atoms with Crippen LogP contribution >= 0.6 is 0 Å². The molecule has 1 aromatic carbocycles. The fourth-order valence-electron chi connectivity index (χ4n) is 3.67. The minimum Gasteiger partial charge on any atom is -0.497 e. The molecule has 0 aliphatic carbocycles. The molecule has 1 aromatic heterocycles. The van der Waals surface area contributed by atoms with Crippen LogP contribution in [0.1, 0.15) is 30.6 Å². The molecule has 0 radical (unpaired) electrons. The lowest BCUT2D eigenvalue weighted by atomic mass is 9.91. The molecule has 2 aromatic rings. The molecule has 0 spiro atoms. The lowest BCUT2D eigenvalue weighted by molar-refractivity contribution is 0.0851. The summed E-state index contributed by atoms with van der Waals surface area (Å²) in [6, 6.07) is 5.79. The van der Waals surface area contributed by atoms with E-state index in [-0.39, 0.29) is 5.78 Å². The summed E-state index contributed by atoms with van der Waals surface area (Å²) in [5.74, 6) is 2.29. The number of H-pyrrole nitrogens is 1. The Morgan fingerprint density at radius 3 is 2.73 bits per heavy atom. The number of carbonyl (C=O) groups is 1. The molecule has 4 nitrogen and oxygen atoms in total.